The number of esters is 1. The first-order valence-electron chi connectivity index (χ1n) is 16.3. The number of hydrogen-bond acceptors (Lipinski definition) is 8. The van der Waals surface area contributed by atoms with Crippen molar-refractivity contribution in [2.24, 2.45) is 0 Å². The van der Waals surface area contributed by atoms with Crippen molar-refractivity contribution in [3.63, 3.8) is 0 Å². The van der Waals surface area contributed by atoms with Crippen LogP contribution < -0.4 is 10.9 Å². The summed E-state index contributed by atoms with van der Waals surface area (Å²) in [4.78, 5) is 47.5. The SMILES string of the molecule is CC.CC.CC.CC.CC=O.CCCC(C)O.CNC=O.COC1C(=O)OCc2c1cc1n(c2=O)Cc2cc3ccccc3nc2-1. The summed E-state index contributed by atoms with van der Waals surface area (Å²) in [7, 11) is 3.00. The molecule has 0 saturated heterocycles. The summed E-state index contributed by atoms with van der Waals surface area (Å²) in [5.41, 5.74) is 4.30. The van der Waals surface area contributed by atoms with Gasteiger partial charge in [0, 0.05) is 30.7 Å². The number of nitrogens with one attached hydrogen (secondary N) is 1. The van der Waals surface area contributed by atoms with E-state index in [1.54, 1.807) is 11.6 Å². The molecular weight excluding hydrogens is 586 g/mol. The number of carbonyl (C=O) groups is 3. The van der Waals surface area contributed by atoms with Gasteiger partial charge in [-0.2, -0.15) is 0 Å². The lowest BCUT2D eigenvalue weighted by atomic mass is 10.0. The Kier molecular flexibility index (Phi) is 28.9. The quantitative estimate of drug-likeness (QED) is 0.179. The number of amides is 1. The normalized spacial score (nSPS) is 12.8. The second kappa shape index (κ2) is 28.6. The minimum atomic E-state index is -0.869. The van der Waals surface area contributed by atoms with Gasteiger partial charge in [0.1, 0.15) is 12.9 Å². The molecule has 10 nitrogen and oxygen atoms in total. The van der Waals surface area contributed by atoms with Crippen LogP contribution in [0.5, 0.6) is 0 Å². The van der Waals surface area contributed by atoms with Crippen LogP contribution in [-0.4, -0.2) is 53.6 Å². The fraction of sp³-hybridized carbons (Fsp3) is 0.528. The Labute approximate surface area is 276 Å². The number of para-hydroxylation sites is 1. The molecule has 260 valence electrons. The minimum Gasteiger partial charge on any atom is -0.458 e. The number of aromatic nitrogens is 2. The van der Waals surface area contributed by atoms with Crippen LogP contribution in [0, 0.1) is 0 Å². The third kappa shape index (κ3) is 14.0. The number of pyridine rings is 2. The van der Waals surface area contributed by atoms with Crippen LogP contribution >= 0.6 is 0 Å². The molecule has 0 saturated carbocycles. The number of hydrogen-bond donors (Lipinski definition) is 2. The van der Waals surface area contributed by atoms with Crippen LogP contribution in [0.25, 0.3) is 22.3 Å². The average Bonchev–Trinajstić information content (AvgIpc) is 3.45. The van der Waals surface area contributed by atoms with E-state index >= 15 is 0 Å². The zero-order chi connectivity index (χ0) is 36.2. The molecule has 46 heavy (non-hydrogen) atoms. The van der Waals surface area contributed by atoms with Crippen molar-refractivity contribution in [3.8, 4) is 11.4 Å². The fourth-order valence-corrected chi connectivity index (χ4v) is 4.10. The summed E-state index contributed by atoms with van der Waals surface area (Å²) in [6, 6.07) is 11.8. The van der Waals surface area contributed by atoms with Gasteiger partial charge in [-0.05, 0) is 38.5 Å². The van der Waals surface area contributed by atoms with Gasteiger partial charge in [-0.15, -0.1) is 0 Å². The van der Waals surface area contributed by atoms with Crippen molar-refractivity contribution in [3.05, 3.63) is 63.4 Å². The van der Waals surface area contributed by atoms with Gasteiger partial charge < -0.3 is 29.3 Å². The molecule has 2 aliphatic rings. The van der Waals surface area contributed by atoms with E-state index in [1.807, 2.05) is 92.6 Å². The van der Waals surface area contributed by atoms with E-state index in [-0.39, 0.29) is 18.3 Å². The number of aliphatic hydroxyl groups excluding tert-OH is 1. The van der Waals surface area contributed by atoms with E-state index in [1.165, 1.54) is 14.0 Å². The molecule has 2 N–H and O–H groups in total. The Bertz CT molecular complexity index is 1320. The fourth-order valence-electron chi connectivity index (χ4n) is 4.10. The number of ether oxygens (including phenoxy) is 2. The van der Waals surface area contributed by atoms with Gasteiger partial charge in [0.05, 0.1) is 35.1 Å². The minimum absolute atomic E-state index is 0.0150. The van der Waals surface area contributed by atoms with E-state index < -0.39 is 12.1 Å². The molecule has 2 unspecified atom stereocenters. The number of cyclic esters (lactones) is 1. The number of methoxy groups -OCH3 is 1. The van der Waals surface area contributed by atoms with Crippen molar-refractivity contribution in [1.82, 2.24) is 14.9 Å². The van der Waals surface area contributed by atoms with Gasteiger partial charge in [-0.3, -0.25) is 9.59 Å². The van der Waals surface area contributed by atoms with E-state index in [0.29, 0.717) is 24.1 Å². The summed E-state index contributed by atoms with van der Waals surface area (Å²) in [6.07, 6.45) is 2.42. The lowest BCUT2D eigenvalue weighted by Crippen LogP contribution is -2.33. The first kappa shape index (κ1) is 46.5. The molecule has 0 aliphatic carbocycles. The smallest absolute Gasteiger partial charge is 0.340 e. The first-order valence-corrected chi connectivity index (χ1v) is 16.3. The molecule has 0 fully saturated rings. The van der Waals surface area contributed by atoms with E-state index in [9.17, 15) is 9.59 Å². The van der Waals surface area contributed by atoms with Crippen LogP contribution in [-0.2, 0) is 37.0 Å². The van der Waals surface area contributed by atoms with Crippen molar-refractivity contribution in [2.75, 3.05) is 14.2 Å². The van der Waals surface area contributed by atoms with Crippen molar-refractivity contribution in [1.29, 1.82) is 0 Å². The maximum absolute atomic E-state index is 12.9. The summed E-state index contributed by atoms with van der Waals surface area (Å²) in [5.74, 6) is -0.468. The van der Waals surface area contributed by atoms with Crippen LogP contribution in [0.3, 0.4) is 0 Å². The van der Waals surface area contributed by atoms with Gasteiger partial charge in [0.25, 0.3) is 5.56 Å². The largest absolute Gasteiger partial charge is 0.458 e. The molecule has 2 aromatic heterocycles. The van der Waals surface area contributed by atoms with Gasteiger partial charge in [0.2, 0.25) is 6.41 Å². The molecule has 0 bridgehead atoms. The molecule has 10 heteroatoms. The summed E-state index contributed by atoms with van der Waals surface area (Å²) < 4.78 is 12.1. The van der Waals surface area contributed by atoms with E-state index in [0.717, 1.165) is 47.0 Å². The molecule has 0 spiro atoms. The van der Waals surface area contributed by atoms with Crippen molar-refractivity contribution >= 4 is 29.6 Å². The van der Waals surface area contributed by atoms with Crippen LogP contribution in [0.15, 0.2) is 41.2 Å². The zero-order valence-corrected chi connectivity index (χ0v) is 30.4. The third-order valence-corrected chi connectivity index (χ3v) is 5.72. The Morgan fingerprint density at radius 2 is 1.61 bits per heavy atom. The molecule has 1 aromatic carbocycles. The highest BCUT2D eigenvalue weighted by atomic mass is 16.6. The molecule has 2 atom stereocenters. The van der Waals surface area contributed by atoms with Gasteiger partial charge in [-0.25, -0.2) is 9.78 Å². The number of benzene rings is 1. The second-order valence-corrected chi connectivity index (χ2v) is 8.55. The van der Waals surface area contributed by atoms with Gasteiger partial charge in [0.15, 0.2) is 6.10 Å². The third-order valence-electron chi connectivity index (χ3n) is 5.72. The Morgan fingerprint density at radius 3 is 2.07 bits per heavy atom. The van der Waals surface area contributed by atoms with Gasteiger partial charge >= 0.3 is 5.97 Å². The Balaban J connectivity index is -0.000000737. The summed E-state index contributed by atoms with van der Waals surface area (Å²) >= 11 is 0. The molecule has 3 aromatic rings. The predicted octanol–water partition coefficient (Wildman–Crippen LogP) is 7.01. The van der Waals surface area contributed by atoms with Crippen LogP contribution in [0.1, 0.15) is 112 Å². The number of carbonyl (C=O) groups excluding carboxylic acids is 3. The summed E-state index contributed by atoms with van der Waals surface area (Å²) in [5, 5.41) is 11.8. The molecule has 5 rings (SSSR count). The molecule has 1 amide bonds. The number of aliphatic hydroxyl groups is 1. The summed E-state index contributed by atoms with van der Waals surface area (Å²) in [6.45, 7) is 21.8. The number of rotatable bonds is 4. The maximum Gasteiger partial charge on any atom is 0.340 e. The van der Waals surface area contributed by atoms with E-state index in [2.05, 4.69) is 18.3 Å². The monoisotopic (exact) mass is 645 g/mol. The lowest BCUT2D eigenvalue weighted by Gasteiger charge is -2.24. The highest BCUT2D eigenvalue weighted by Crippen LogP contribution is 2.35. The van der Waals surface area contributed by atoms with Gasteiger partial charge in [-0.1, -0.05) is 86.9 Å². The maximum atomic E-state index is 12.9. The van der Waals surface area contributed by atoms with Crippen LogP contribution in [0.2, 0.25) is 0 Å². The molecular formula is C36H59N3O7. The number of fused-ring (bicyclic) bond motifs is 5. The van der Waals surface area contributed by atoms with E-state index in [4.69, 9.17) is 29.2 Å². The number of nitrogens with zero attached hydrogens (tertiary/aromatic N) is 2. The highest BCUT2D eigenvalue weighted by molar-refractivity contribution is 5.85. The van der Waals surface area contributed by atoms with Crippen molar-refractivity contribution < 1.29 is 29.0 Å². The number of aldehydes is 1. The first-order chi connectivity index (χ1) is 22.3. The van der Waals surface area contributed by atoms with Crippen LogP contribution in [0.4, 0.5) is 0 Å². The second-order valence-electron chi connectivity index (χ2n) is 8.55. The predicted molar refractivity (Wildman–Crippen MR) is 189 cm³/mol. The zero-order valence-electron chi connectivity index (χ0n) is 30.4. The van der Waals surface area contributed by atoms with Crippen molar-refractivity contribution in [2.45, 2.75) is 114 Å². The standard InChI is InChI=1S/C19H14N2O4.C5H12O.C2H5NO.C2H4O.4C2H6/c1-24-17-12-7-15-16-11(6-10-4-2-3-5-14(10)20-16)8-21(15)18(22)13(12)9-25-19(17)23;1-3-4-5(2)6;1-3-2-4;1-2-3;4*1-2/h2-7,17H,8-9H2,1H3;5-6H,3-4H2,1-2H3;2H,1H3,(H,3,4);2H,1H3;4*1-2H3. The Morgan fingerprint density at radius 1 is 1.07 bits per heavy atom. The highest BCUT2D eigenvalue weighted by Gasteiger charge is 2.34. The Hall–Kier alpha value is -3.89. The topological polar surface area (TPSA) is 137 Å². The molecule has 0 radical (unpaired) electrons. The lowest BCUT2D eigenvalue weighted by molar-refractivity contribution is -0.159. The molecule has 4 heterocycles. The average molecular weight is 646 g/mol. The molecule has 2 aliphatic heterocycles.